The molecule has 1 atom stereocenters. The third-order valence-electron chi connectivity index (χ3n) is 2.77. The van der Waals surface area contributed by atoms with E-state index in [1.54, 1.807) is 10.9 Å². The predicted molar refractivity (Wildman–Crippen MR) is 65.7 cm³/mol. The van der Waals surface area contributed by atoms with Crippen molar-refractivity contribution in [2.75, 3.05) is 6.54 Å². The maximum absolute atomic E-state index is 5.73. The highest BCUT2D eigenvalue weighted by Gasteiger charge is 2.15. The maximum Gasteiger partial charge on any atom is 0.157 e. The first-order valence-corrected chi connectivity index (χ1v) is 5.83. The van der Waals surface area contributed by atoms with Gasteiger partial charge in [0.05, 0.1) is 12.4 Å². The number of hydrogen-bond acceptors (Lipinski definition) is 3. The molecular weight excluding hydrogens is 202 g/mol. The smallest absolute Gasteiger partial charge is 0.157 e. The van der Waals surface area contributed by atoms with Crippen LogP contribution in [0.1, 0.15) is 34.1 Å². The molecule has 1 rings (SSSR count). The maximum atomic E-state index is 5.73. The van der Waals surface area contributed by atoms with Crippen LogP contribution in [0, 0.1) is 0 Å². The van der Waals surface area contributed by atoms with Gasteiger partial charge in [0.2, 0.25) is 0 Å². The highest BCUT2D eigenvalue weighted by Crippen LogP contribution is 2.11. The van der Waals surface area contributed by atoms with Crippen LogP contribution in [0.4, 0.5) is 0 Å². The van der Waals surface area contributed by atoms with Crippen molar-refractivity contribution >= 4 is 0 Å². The van der Waals surface area contributed by atoms with Crippen molar-refractivity contribution in [1.29, 1.82) is 0 Å². The molecule has 16 heavy (non-hydrogen) atoms. The van der Waals surface area contributed by atoms with Crippen LogP contribution >= 0.6 is 0 Å². The quantitative estimate of drug-likeness (QED) is 0.804. The van der Waals surface area contributed by atoms with E-state index in [1.807, 2.05) is 13.2 Å². The summed E-state index contributed by atoms with van der Waals surface area (Å²) >= 11 is 0. The van der Waals surface area contributed by atoms with E-state index in [4.69, 9.17) is 4.74 Å². The van der Waals surface area contributed by atoms with Crippen molar-refractivity contribution in [3.05, 3.63) is 12.4 Å². The van der Waals surface area contributed by atoms with E-state index in [-0.39, 0.29) is 11.6 Å². The number of aryl methyl sites for hydroxylation is 1. The molecule has 1 aromatic rings. The molecule has 0 saturated carbocycles. The van der Waals surface area contributed by atoms with Gasteiger partial charge >= 0.3 is 0 Å². The summed E-state index contributed by atoms with van der Waals surface area (Å²) in [5.41, 5.74) is 0.173. The van der Waals surface area contributed by atoms with Gasteiger partial charge in [0, 0.05) is 19.1 Å². The van der Waals surface area contributed by atoms with Gasteiger partial charge in [-0.2, -0.15) is 5.10 Å². The summed E-state index contributed by atoms with van der Waals surface area (Å²) < 4.78 is 7.47. The molecule has 1 heterocycles. The standard InChI is InChI=1S/C12H23N3O/c1-6-12(3,4)13-7-10(2)16-11-8-14-15(5)9-11/h8-10,13H,6-7H2,1-5H3. The first kappa shape index (κ1) is 13.0. The average Bonchev–Trinajstić information content (AvgIpc) is 2.61. The lowest BCUT2D eigenvalue weighted by molar-refractivity contribution is 0.199. The molecule has 0 bridgehead atoms. The van der Waals surface area contributed by atoms with Crippen molar-refractivity contribution in [2.45, 2.75) is 45.8 Å². The van der Waals surface area contributed by atoms with E-state index in [1.165, 1.54) is 0 Å². The summed E-state index contributed by atoms with van der Waals surface area (Å²) in [6.45, 7) is 9.48. The van der Waals surface area contributed by atoms with E-state index >= 15 is 0 Å². The minimum absolute atomic E-state index is 0.148. The molecule has 1 aromatic heterocycles. The molecular formula is C12H23N3O. The third kappa shape index (κ3) is 4.23. The van der Waals surface area contributed by atoms with Crippen LogP contribution in [0.2, 0.25) is 0 Å². The minimum atomic E-state index is 0.148. The van der Waals surface area contributed by atoms with Crippen LogP contribution in [0.15, 0.2) is 12.4 Å². The first-order valence-electron chi connectivity index (χ1n) is 5.83. The van der Waals surface area contributed by atoms with E-state index in [9.17, 15) is 0 Å². The molecule has 1 unspecified atom stereocenters. The van der Waals surface area contributed by atoms with E-state index in [0.717, 1.165) is 18.7 Å². The first-order chi connectivity index (χ1) is 7.43. The second-order valence-electron chi connectivity index (χ2n) is 4.90. The monoisotopic (exact) mass is 225 g/mol. The Balaban J connectivity index is 2.34. The molecule has 0 amide bonds. The predicted octanol–water partition coefficient (Wildman–Crippen LogP) is 1.97. The fraction of sp³-hybridized carbons (Fsp3) is 0.750. The molecule has 0 aliphatic rings. The van der Waals surface area contributed by atoms with E-state index in [2.05, 4.69) is 38.1 Å². The lowest BCUT2D eigenvalue weighted by Gasteiger charge is -2.26. The Labute approximate surface area is 98.0 Å². The molecule has 0 saturated heterocycles. The summed E-state index contributed by atoms with van der Waals surface area (Å²) in [5, 5.41) is 7.55. The zero-order valence-electron chi connectivity index (χ0n) is 10.9. The van der Waals surface area contributed by atoms with Gasteiger partial charge in [-0.05, 0) is 27.2 Å². The highest BCUT2D eigenvalue weighted by atomic mass is 16.5. The SMILES string of the molecule is CCC(C)(C)NCC(C)Oc1cnn(C)c1. The average molecular weight is 225 g/mol. The van der Waals surface area contributed by atoms with Gasteiger partial charge in [-0.15, -0.1) is 0 Å². The Bertz CT molecular complexity index is 320. The number of nitrogens with one attached hydrogen (secondary N) is 1. The Hall–Kier alpha value is -1.03. The van der Waals surface area contributed by atoms with Crippen molar-refractivity contribution < 1.29 is 4.74 Å². The summed E-state index contributed by atoms with van der Waals surface area (Å²) in [4.78, 5) is 0. The third-order valence-corrected chi connectivity index (χ3v) is 2.77. The molecule has 0 spiro atoms. The lowest BCUT2D eigenvalue weighted by atomic mass is 10.0. The molecule has 4 heteroatoms. The minimum Gasteiger partial charge on any atom is -0.486 e. The molecule has 0 fully saturated rings. The Morgan fingerprint density at radius 1 is 1.56 bits per heavy atom. The van der Waals surface area contributed by atoms with Gasteiger partial charge in [-0.3, -0.25) is 4.68 Å². The van der Waals surface area contributed by atoms with E-state index in [0.29, 0.717) is 0 Å². The summed E-state index contributed by atoms with van der Waals surface area (Å²) in [6.07, 6.45) is 4.87. The van der Waals surface area contributed by atoms with Crippen molar-refractivity contribution in [3.63, 3.8) is 0 Å². The van der Waals surface area contributed by atoms with Crippen LogP contribution in [-0.2, 0) is 7.05 Å². The van der Waals surface area contributed by atoms with Crippen LogP contribution in [0.5, 0.6) is 5.75 Å². The molecule has 0 aliphatic heterocycles. The molecule has 4 nitrogen and oxygen atoms in total. The van der Waals surface area contributed by atoms with Crippen molar-refractivity contribution in [2.24, 2.45) is 7.05 Å². The van der Waals surface area contributed by atoms with Crippen LogP contribution < -0.4 is 10.1 Å². The Morgan fingerprint density at radius 3 is 2.75 bits per heavy atom. The topological polar surface area (TPSA) is 39.1 Å². The molecule has 0 radical (unpaired) electrons. The Morgan fingerprint density at radius 2 is 2.25 bits per heavy atom. The number of hydrogen-bond donors (Lipinski definition) is 1. The zero-order chi connectivity index (χ0) is 12.2. The fourth-order valence-electron chi connectivity index (χ4n) is 1.28. The van der Waals surface area contributed by atoms with E-state index < -0.39 is 0 Å². The molecule has 0 aromatic carbocycles. The van der Waals surface area contributed by atoms with Gasteiger partial charge < -0.3 is 10.1 Å². The van der Waals surface area contributed by atoms with Gasteiger partial charge in [0.1, 0.15) is 6.10 Å². The summed E-state index contributed by atoms with van der Waals surface area (Å²) in [5.74, 6) is 0.825. The highest BCUT2D eigenvalue weighted by molar-refractivity contribution is 5.11. The fourth-order valence-corrected chi connectivity index (χ4v) is 1.28. The largest absolute Gasteiger partial charge is 0.486 e. The van der Waals surface area contributed by atoms with Gasteiger partial charge in [0.25, 0.3) is 0 Å². The molecule has 0 aliphatic carbocycles. The second kappa shape index (κ2) is 5.34. The summed E-state index contributed by atoms with van der Waals surface area (Å²) in [7, 11) is 1.88. The number of ether oxygens (including phenoxy) is 1. The van der Waals surface area contributed by atoms with Gasteiger partial charge in [-0.25, -0.2) is 0 Å². The van der Waals surface area contributed by atoms with Crippen molar-refractivity contribution in [1.82, 2.24) is 15.1 Å². The lowest BCUT2D eigenvalue weighted by Crippen LogP contribution is -2.43. The summed E-state index contributed by atoms with van der Waals surface area (Å²) in [6, 6.07) is 0. The number of aromatic nitrogens is 2. The van der Waals surface area contributed by atoms with Crippen LogP contribution in [0.25, 0.3) is 0 Å². The normalized spacial score (nSPS) is 13.8. The molecule has 1 N–H and O–H groups in total. The number of rotatable bonds is 6. The van der Waals surface area contributed by atoms with Gasteiger partial charge in [0.15, 0.2) is 5.75 Å². The van der Waals surface area contributed by atoms with Crippen LogP contribution in [-0.4, -0.2) is 28.0 Å². The van der Waals surface area contributed by atoms with Crippen molar-refractivity contribution in [3.8, 4) is 5.75 Å². The number of nitrogens with zero attached hydrogens (tertiary/aromatic N) is 2. The zero-order valence-corrected chi connectivity index (χ0v) is 10.9. The Kier molecular flexibility index (Phi) is 4.35. The molecule has 92 valence electrons. The van der Waals surface area contributed by atoms with Crippen LogP contribution in [0.3, 0.4) is 0 Å². The second-order valence-corrected chi connectivity index (χ2v) is 4.90. The van der Waals surface area contributed by atoms with Gasteiger partial charge in [-0.1, -0.05) is 6.92 Å².